The molecule has 9 nitrogen and oxygen atoms in total. The SMILES string of the molecule is COc1ncnc(-c2ccc(-c3ccc(N(C)[C@@H]4[C@H](F)[C@]5(C)CC[C@@]4(C)CN5)nn3)c(O)c2)n1. The standard InChI is InChI=1S/C24H28FN7O2/c1-23-9-10-24(2,28-12-23)19(25)20(23)32(3)18-8-7-16(30-31-18)15-6-5-14(11-17(15)33)21-26-13-27-22(29-21)34-4/h5-8,11,13,19-20,28,33H,9-10,12H2,1-4H3/t19-,20+,23-,24-/m0/s1. The van der Waals surface area contributed by atoms with Crippen LogP contribution in [0.4, 0.5) is 10.2 Å². The van der Waals surface area contributed by atoms with Gasteiger partial charge in [-0.15, -0.1) is 10.2 Å². The molecule has 4 heterocycles. The zero-order valence-electron chi connectivity index (χ0n) is 19.7. The van der Waals surface area contributed by atoms with E-state index in [0.29, 0.717) is 28.5 Å². The Labute approximate surface area is 197 Å². The van der Waals surface area contributed by atoms with Gasteiger partial charge in [-0.1, -0.05) is 13.0 Å². The van der Waals surface area contributed by atoms with E-state index in [2.05, 4.69) is 37.4 Å². The summed E-state index contributed by atoms with van der Waals surface area (Å²) in [7, 11) is 3.36. The maximum absolute atomic E-state index is 15.5. The highest BCUT2D eigenvalue weighted by molar-refractivity contribution is 5.72. The van der Waals surface area contributed by atoms with Crippen molar-refractivity contribution >= 4 is 5.82 Å². The van der Waals surface area contributed by atoms with Crippen LogP contribution in [-0.4, -0.2) is 68.7 Å². The third kappa shape index (κ3) is 3.62. The van der Waals surface area contributed by atoms with E-state index in [-0.39, 0.29) is 23.2 Å². The highest BCUT2D eigenvalue weighted by Crippen LogP contribution is 2.49. The van der Waals surface area contributed by atoms with Gasteiger partial charge in [-0.2, -0.15) is 9.97 Å². The molecular weight excluding hydrogens is 437 g/mol. The molecule has 178 valence electrons. The molecule has 3 fully saturated rings. The van der Waals surface area contributed by atoms with E-state index in [1.807, 2.05) is 24.9 Å². The highest BCUT2D eigenvalue weighted by atomic mass is 19.1. The van der Waals surface area contributed by atoms with Crippen molar-refractivity contribution in [3.8, 4) is 34.4 Å². The second-order valence-electron chi connectivity index (χ2n) is 9.69. The number of ether oxygens (including phenoxy) is 1. The number of nitrogens with one attached hydrogen (secondary N) is 1. The topological polar surface area (TPSA) is 109 Å². The number of hydrogen-bond acceptors (Lipinski definition) is 9. The van der Waals surface area contributed by atoms with Crippen LogP contribution in [0.1, 0.15) is 26.7 Å². The van der Waals surface area contributed by atoms with Crippen LogP contribution in [0.2, 0.25) is 0 Å². The number of aromatic nitrogens is 5. The van der Waals surface area contributed by atoms with Gasteiger partial charge in [-0.05, 0) is 44.0 Å². The summed E-state index contributed by atoms with van der Waals surface area (Å²) in [6.07, 6.45) is 2.12. The van der Waals surface area contributed by atoms with Crippen molar-refractivity contribution in [2.75, 3.05) is 25.6 Å². The molecular formula is C24H28FN7O2. The molecule has 2 aliphatic heterocycles. The monoisotopic (exact) mass is 465 g/mol. The van der Waals surface area contributed by atoms with Crippen molar-refractivity contribution in [3.63, 3.8) is 0 Å². The maximum Gasteiger partial charge on any atom is 0.319 e. The molecule has 2 bridgehead atoms. The van der Waals surface area contributed by atoms with Gasteiger partial charge in [0.25, 0.3) is 0 Å². The van der Waals surface area contributed by atoms with Gasteiger partial charge < -0.3 is 20.1 Å². The molecule has 2 N–H and O–H groups in total. The van der Waals surface area contributed by atoms with Gasteiger partial charge in [-0.3, -0.25) is 0 Å². The summed E-state index contributed by atoms with van der Waals surface area (Å²) in [5, 5.41) is 22.7. The third-order valence-corrected chi connectivity index (χ3v) is 7.40. The van der Waals surface area contributed by atoms with Crippen molar-refractivity contribution in [1.82, 2.24) is 30.5 Å². The zero-order valence-corrected chi connectivity index (χ0v) is 19.7. The molecule has 1 aliphatic carbocycles. The number of phenols is 1. The van der Waals surface area contributed by atoms with Crippen LogP contribution in [-0.2, 0) is 0 Å². The molecule has 1 aromatic carbocycles. The lowest BCUT2D eigenvalue weighted by Crippen LogP contribution is -2.74. The second-order valence-corrected chi connectivity index (χ2v) is 9.69. The van der Waals surface area contributed by atoms with Gasteiger partial charge in [0.05, 0.1) is 18.8 Å². The first-order valence-corrected chi connectivity index (χ1v) is 11.3. The summed E-state index contributed by atoms with van der Waals surface area (Å²) in [5.74, 6) is 1.00. The molecule has 10 heteroatoms. The van der Waals surface area contributed by atoms with Crippen LogP contribution in [0.25, 0.3) is 22.6 Å². The second kappa shape index (κ2) is 8.12. The van der Waals surface area contributed by atoms with Crippen molar-refractivity contribution in [1.29, 1.82) is 0 Å². The Balaban J connectivity index is 1.39. The number of benzene rings is 1. The Morgan fingerprint density at radius 3 is 2.62 bits per heavy atom. The summed E-state index contributed by atoms with van der Waals surface area (Å²) in [4.78, 5) is 14.1. The normalized spacial score (nSPS) is 28.0. The Hall–Kier alpha value is -3.40. The van der Waals surface area contributed by atoms with Crippen molar-refractivity contribution in [3.05, 3.63) is 36.7 Å². The maximum atomic E-state index is 15.5. The van der Waals surface area contributed by atoms with E-state index >= 15 is 4.39 Å². The first kappa shape index (κ1) is 22.4. The quantitative estimate of drug-likeness (QED) is 0.588. The van der Waals surface area contributed by atoms with Crippen LogP contribution in [0, 0.1) is 5.41 Å². The number of methoxy groups -OCH3 is 1. The number of nitrogens with zero attached hydrogens (tertiary/aromatic N) is 6. The lowest BCUT2D eigenvalue weighted by molar-refractivity contribution is -0.0411. The minimum atomic E-state index is -1.02. The predicted molar refractivity (Wildman–Crippen MR) is 125 cm³/mol. The van der Waals surface area contributed by atoms with Crippen LogP contribution in [0.3, 0.4) is 0 Å². The largest absolute Gasteiger partial charge is 0.507 e. The fraction of sp³-hybridized carbons (Fsp3) is 0.458. The molecule has 3 aliphatic rings. The Bertz CT molecular complexity index is 1200. The van der Waals surface area contributed by atoms with E-state index in [4.69, 9.17) is 4.74 Å². The van der Waals surface area contributed by atoms with Gasteiger partial charge in [0, 0.05) is 35.7 Å². The van der Waals surface area contributed by atoms with Gasteiger partial charge >= 0.3 is 6.01 Å². The highest BCUT2D eigenvalue weighted by Gasteiger charge is 2.58. The summed E-state index contributed by atoms with van der Waals surface area (Å²) >= 11 is 0. The molecule has 0 unspecified atom stereocenters. The van der Waals surface area contributed by atoms with E-state index in [1.54, 1.807) is 24.3 Å². The first-order valence-electron chi connectivity index (χ1n) is 11.3. The van der Waals surface area contributed by atoms with Crippen molar-refractivity contribution in [2.24, 2.45) is 5.41 Å². The number of phenolic OH excluding ortho intramolecular Hbond substituents is 1. The van der Waals surface area contributed by atoms with Crippen LogP contribution in [0.15, 0.2) is 36.7 Å². The van der Waals surface area contributed by atoms with Gasteiger partial charge in [0.15, 0.2) is 11.6 Å². The van der Waals surface area contributed by atoms with E-state index in [0.717, 1.165) is 19.4 Å². The van der Waals surface area contributed by atoms with Gasteiger partial charge in [0.1, 0.15) is 18.2 Å². The van der Waals surface area contributed by atoms with Crippen molar-refractivity contribution in [2.45, 2.75) is 44.4 Å². The molecule has 6 rings (SSSR count). The summed E-state index contributed by atoms with van der Waals surface area (Å²) in [6.45, 7) is 4.87. The summed E-state index contributed by atoms with van der Waals surface area (Å²) in [6, 6.07) is 8.59. The number of piperidine rings is 2. The van der Waals surface area contributed by atoms with E-state index in [9.17, 15) is 5.11 Å². The molecule has 0 spiro atoms. The smallest absolute Gasteiger partial charge is 0.319 e. The van der Waals surface area contributed by atoms with Crippen LogP contribution in [0.5, 0.6) is 11.8 Å². The average molecular weight is 466 g/mol. The minimum absolute atomic E-state index is 0.0206. The molecule has 3 aromatic rings. The minimum Gasteiger partial charge on any atom is -0.507 e. The Morgan fingerprint density at radius 1 is 1.15 bits per heavy atom. The number of aromatic hydroxyl groups is 1. The number of fused-ring (bicyclic) bond motifs is 3. The van der Waals surface area contributed by atoms with Gasteiger partial charge in [-0.25, -0.2) is 9.37 Å². The Morgan fingerprint density at radius 2 is 1.97 bits per heavy atom. The summed E-state index contributed by atoms with van der Waals surface area (Å²) < 4.78 is 20.6. The molecule has 2 aromatic heterocycles. The number of anilines is 1. The number of hydrogen-bond donors (Lipinski definition) is 2. The van der Waals surface area contributed by atoms with Crippen molar-refractivity contribution < 1.29 is 14.2 Å². The van der Waals surface area contributed by atoms with Crippen LogP contribution < -0.4 is 15.0 Å². The van der Waals surface area contributed by atoms with E-state index in [1.165, 1.54) is 13.4 Å². The number of rotatable bonds is 5. The molecule has 0 amide bonds. The first-order chi connectivity index (χ1) is 16.2. The fourth-order valence-electron chi connectivity index (χ4n) is 5.18. The summed E-state index contributed by atoms with van der Waals surface area (Å²) in [5.41, 5.74) is 0.951. The average Bonchev–Trinajstić information content (AvgIpc) is 2.85. The number of halogens is 1. The lowest BCUT2D eigenvalue weighted by Gasteiger charge is -2.60. The predicted octanol–water partition coefficient (Wildman–Crippen LogP) is 3.01. The molecule has 1 saturated carbocycles. The van der Waals surface area contributed by atoms with E-state index < -0.39 is 11.7 Å². The third-order valence-electron chi connectivity index (χ3n) is 7.40. The molecule has 34 heavy (non-hydrogen) atoms. The fourth-order valence-corrected chi connectivity index (χ4v) is 5.18. The molecule has 0 radical (unpaired) electrons. The Kier molecular flexibility index (Phi) is 5.35. The number of alkyl halides is 1. The lowest BCUT2D eigenvalue weighted by atomic mass is 9.60. The van der Waals surface area contributed by atoms with Gasteiger partial charge in [0.2, 0.25) is 0 Å². The molecule has 4 atom stereocenters. The van der Waals surface area contributed by atoms with Crippen LogP contribution >= 0.6 is 0 Å². The zero-order chi connectivity index (χ0) is 24.1. The molecule has 2 saturated heterocycles.